The van der Waals surface area contributed by atoms with Crippen LogP contribution in [0.15, 0.2) is 35.4 Å². The topological polar surface area (TPSA) is 125 Å². The highest BCUT2D eigenvalue weighted by Crippen LogP contribution is 2.23. The van der Waals surface area contributed by atoms with Crippen LogP contribution < -0.4 is 15.8 Å². The second-order valence-electron chi connectivity index (χ2n) is 5.23. The summed E-state index contributed by atoms with van der Waals surface area (Å²) in [5.74, 6) is 0.776. The van der Waals surface area contributed by atoms with Gasteiger partial charge in [-0.25, -0.2) is 4.98 Å². The molecule has 1 aromatic carbocycles. The van der Waals surface area contributed by atoms with Gasteiger partial charge in [-0.2, -0.15) is 10.5 Å². The third-order valence-electron chi connectivity index (χ3n) is 3.49. The molecule has 0 radical (unpaired) electrons. The van der Waals surface area contributed by atoms with E-state index in [1.807, 2.05) is 36.4 Å². The third-order valence-corrected chi connectivity index (χ3v) is 4.48. The van der Waals surface area contributed by atoms with Gasteiger partial charge >= 0.3 is 0 Å². The molecular formula is C18H17N5O2S. The first-order chi connectivity index (χ1) is 12.6. The van der Waals surface area contributed by atoms with Crippen molar-refractivity contribution in [1.82, 2.24) is 10.3 Å². The summed E-state index contributed by atoms with van der Waals surface area (Å²) in [6.07, 6.45) is 0.700. The minimum Gasteiger partial charge on any atom is -0.497 e. The Hall–Kier alpha value is -3.23. The smallest absolute Gasteiger partial charge is 0.230 e. The molecular weight excluding hydrogens is 350 g/mol. The summed E-state index contributed by atoms with van der Waals surface area (Å²) in [5, 5.41) is 21.2. The van der Waals surface area contributed by atoms with Crippen LogP contribution in [0.3, 0.4) is 0 Å². The summed E-state index contributed by atoms with van der Waals surface area (Å²) in [4.78, 5) is 16.0. The molecule has 26 heavy (non-hydrogen) atoms. The molecule has 8 heteroatoms. The number of ether oxygens (including phenoxy) is 1. The van der Waals surface area contributed by atoms with Gasteiger partial charge in [0.15, 0.2) is 0 Å². The Labute approximate surface area is 155 Å². The van der Waals surface area contributed by atoms with Gasteiger partial charge in [0.1, 0.15) is 28.7 Å². The van der Waals surface area contributed by atoms with E-state index in [0.29, 0.717) is 18.0 Å². The Morgan fingerprint density at radius 2 is 1.96 bits per heavy atom. The predicted molar refractivity (Wildman–Crippen MR) is 98.5 cm³/mol. The summed E-state index contributed by atoms with van der Waals surface area (Å²) < 4.78 is 5.10. The van der Waals surface area contributed by atoms with Crippen molar-refractivity contribution in [3.8, 4) is 17.9 Å². The molecule has 1 aromatic heterocycles. The highest BCUT2D eigenvalue weighted by molar-refractivity contribution is 8.00. The molecule has 0 saturated carbocycles. The second-order valence-corrected chi connectivity index (χ2v) is 6.20. The van der Waals surface area contributed by atoms with Gasteiger partial charge in [0.2, 0.25) is 5.91 Å². The highest BCUT2D eigenvalue weighted by Gasteiger charge is 2.12. The van der Waals surface area contributed by atoms with Gasteiger partial charge < -0.3 is 15.8 Å². The number of carbonyl (C=O) groups is 1. The lowest BCUT2D eigenvalue weighted by Gasteiger charge is -2.07. The normalized spacial score (nSPS) is 9.81. The number of nitrogens with one attached hydrogen (secondary N) is 1. The number of nitrogens with zero attached hydrogens (tertiary/aromatic N) is 3. The van der Waals surface area contributed by atoms with E-state index in [9.17, 15) is 4.79 Å². The van der Waals surface area contributed by atoms with Crippen molar-refractivity contribution < 1.29 is 9.53 Å². The number of aromatic nitrogens is 1. The lowest BCUT2D eigenvalue weighted by atomic mass is 10.1. The lowest BCUT2D eigenvalue weighted by molar-refractivity contribution is -0.118. The number of nitrogens with two attached hydrogens (primary N) is 1. The maximum absolute atomic E-state index is 12.0. The minimum absolute atomic E-state index is 0.0499. The van der Waals surface area contributed by atoms with Crippen molar-refractivity contribution in [2.45, 2.75) is 11.4 Å². The van der Waals surface area contributed by atoms with Gasteiger partial charge in [-0.15, -0.1) is 0 Å². The number of rotatable bonds is 7. The van der Waals surface area contributed by atoms with Crippen LogP contribution in [-0.4, -0.2) is 30.3 Å². The Kier molecular flexibility index (Phi) is 6.84. The van der Waals surface area contributed by atoms with E-state index < -0.39 is 0 Å². The van der Waals surface area contributed by atoms with Gasteiger partial charge in [0.25, 0.3) is 0 Å². The fourth-order valence-electron chi connectivity index (χ4n) is 2.11. The average Bonchev–Trinajstić information content (AvgIpc) is 2.67. The molecule has 0 saturated heterocycles. The summed E-state index contributed by atoms with van der Waals surface area (Å²) in [5.41, 5.74) is 7.13. The van der Waals surface area contributed by atoms with Gasteiger partial charge in [0, 0.05) is 6.54 Å². The van der Waals surface area contributed by atoms with Crippen LogP contribution in [0.5, 0.6) is 5.75 Å². The molecule has 0 fully saturated rings. The van der Waals surface area contributed by atoms with E-state index in [1.54, 1.807) is 7.11 Å². The van der Waals surface area contributed by atoms with Gasteiger partial charge in [-0.1, -0.05) is 23.9 Å². The van der Waals surface area contributed by atoms with E-state index in [0.717, 1.165) is 23.1 Å². The van der Waals surface area contributed by atoms with E-state index in [1.165, 1.54) is 6.07 Å². The van der Waals surface area contributed by atoms with E-state index in [4.69, 9.17) is 21.0 Å². The zero-order valence-corrected chi connectivity index (χ0v) is 15.0. The number of anilines is 1. The van der Waals surface area contributed by atoms with Gasteiger partial charge in [-0.3, -0.25) is 4.79 Å². The van der Waals surface area contributed by atoms with Crippen molar-refractivity contribution in [3.63, 3.8) is 0 Å². The van der Waals surface area contributed by atoms with Crippen molar-refractivity contribution in [2.24, 2.45) is 0 Å². The number of hydrogen-bond acceptors (Lipinski definition) is 7. The van der Waals surface area contributed by atoms with E-state index in [-0.39, 0.29) is 28.6 Å². The second kappa shape index (κ2) is 9.30. The summed E-state index contributed by atoms with van der Waals surface area (Å²) >= 11 is 1.11. The number of nitrogen functional groups attached to an aromatic ring is 1. The summed E-state index contributed by atoms with van der Waals surface area (Å²) in [7, 11) is 1.61. The van der Waals surface area contributed by atoms with Crippen LogP contribution in [0.1, 0.15) is 16.7 Å². The quantitative estimate of drug-likeness (QED) is 0.716. The van der Waals surface area contributed by atoms with Crippen LogP contribution in [0, 0.1) is 22.7 Å². The highest BCUT2D eigenvalue weighted by atomic mass is 32.2. The molecule has 7 nitrogen and oxygen atoms in total. The van der Waals surface area contributed by atoms with Crippen molar-refractivity contribution in [3.05, 3.63) is 47.0 Å². The summed E-state index contributed by atoms with van der Waals surface area (Å²) in [6, 6.07) is 12.9. The Morgan fingerprint density at radius 1 is 1.27 bits per heavy atom. The van der Waals surface area contributed by atoms with Crippen LogP contribution in [0.4, 0.5) is 5.82 Å². The van der Waals surface area contributed by atoms with Crippen LogP contribution >= 0.6 is 11.8 Å². The van der Waals surface area contributed by atoms with Crippen molar-refractivity contribution in [1.29, 1.82) is 10.5 Å². The molecule has 3 N–H and O–H groups in total. The molecule has 0 aliphatic carbocycles. The molecule has 0 aliphatic rings. The van der Waals surface area contributed by atoms with Gasteiger partial charge in [-0.05, 0) is 30.2 Å². The maximum Gasteiger partial charge on any atom is 0.230 e. The monoisotopic (exact) mass is 367 g/mol. The number of methoxy groups -OCH3 is 1. The van der Waals surface area contributed by atoms with E-state index >= 15 is 0 Å². The van der Waals surface area contributed by atoms with Crippen molar-refractivity contribution in [2.75, 3.05) is 25.1 Å². The molecule has 1 amide bonds. The number of nitriles is 2. The fraction of sp³-hybridized carbons (Fsp3) is 0.222. The molecule has 0 spiro atoms. The molecule has 1 heterocycles. The van der Waals surface area contributed by atoms with Crippen LogP contribution in [0.25, 0.3) is 0 Å². The first-order valence-electron chi connectivity index (χ1n) is 7.70. The summed E-state index contributed by atoms with van der Waals surface area (Å²) in [6.45, 7) is 0.500. The number of carbonyl (C=O) groups excluding carboxylic acids is 1. The lowest BCUT2D eigenvalue weighted by Crippen LogP contribution is -2.27. The number of pyridine rings is 1. The predicted octanol–water partition coefficient (Wildman–Crippen LogP) is 1.87. The standard InChI is InChI=1S/C18H17N5O2S/c1-25-15-4-2-12(3-5-15)6-7-22-16(24)11-26-18-14(10-20)8-13(9-19)17(21)23-18/h2-5,8H,6-7,11H2,1H3,(H2,21,23)(H,22,24). The molecule has 2 aromatic rings. The minimum atomic E-state index is -0.169. The molecule has 0 unspecified atom stereocenters. The Morgan fingerprint density at radius 3 is 2.58 bits per heavy atom. The number of hydrogen-bond donors (Lipinski definition) is 2. The SMILES string of the molecule is COc1ccc(CCNC(=O)CSc2nc(N)c(C#N)cc2C#N)cc1. The third kappa shape index (κ3) is 5.13. The zero-order valence-electron chi connectivity index (χ0n) is 14.2. The number of amides is 1. The van der Waals surface area contributed by atoms with Crippen molar-refractivity contribution >= 4 is 23.5 Å². The molecule has 132 valence electrons. The maximum atomic E-state index is 12.0. The average molecular weight is 367 g/mol. The van der Waals surface area contributed by atoms with E-state index in [2.05, 4.69) is 10.3 Å². The molecule has 0 atom stereocenters. The van der Waals surface area contributed by atoms with Crippen LogP contribution in [-0.2, 0) is 11.2 Å². The zero-order chi connectivity index (χ0) is 18.9. The Bertz CT molecular complexity index is 869. The number of thioether (sulfide) groups is 1. The molecule has 2 rings (SSSR count). The molecule has 0 aliphatic heterocycles. The van der Waals surface area contributed by atoms with Crippen LogP contribution in [0.2, 0.25) is 0 Å². The first kappa shape index (κ1) is 19.1. The molecule has 0 bridgehead atoms. The first-order valence-corrected chi connectivity index (χ1v) is 8.69. The fourth-order valence-corrected chi connectivity index (χ4v) is 2.91. The van der Waals surface area contributed by atoms with Gasteiger partial charge in [0.05, 0.1) is 24.0 Å². The number of benzene rings is 1. The Balaban J connectivity index is 1.84. The largest absolute Gasteiger partial charge is 0.497 e.